The van der Waals surface area contributed by atoms with Crippen molar-refractivity contribution >= 4 is 23.8 Å². The van der Waals surface area contributed by atoms with Gasteiger partial charge in [-0.15, -0.1) is 0 Å². The van der Waals surface area contributed by atoms with Gasteiger partial charge in [0.1, 0.15) is 0 Å². The maximum absolute atomic E-state index is 10.7. The van der Waals surface area contributed by atoms with Crippen LogP contribution in [0, 0.1) is 0 Å². The molecule has 1 aliphatic heterocycles. The molecular weight excluding hydrogens is 228 g/mol. The summed E-state index contributed by atoms with van der Waals surface area (Å²) in [6.07, 6.45) is 4.08. The fourth-order valence-electron chi connectivity index (χ4n) is 1.85. The van der Waals surface area contributed by atoms with Crippen molar-refractivity contribution in [1.29, 1.82) is 0 Å². The van der Waals surface area contributed by atoms with Crippen LogP contribution < -0.4 is 4.90 Å². The molecule has 0 spiro atoms. The van der Waals surface area contributed by atoms with Crippen molar-refractivity contribution in [2.75, 3.05) is 24.5 Å². The van der Waals surface area contributed by atoms with Crippen molar-refractivity contribution in [3.8, 4) is 0 Å². The summed E-state index contributed by atoms with van der Waals surface area (Å²) in [6, 6.07) is 0.171. The summed E-state index contributed by atoms with van der Waals surface area (Å²) in [5, 5.41) is 0.411. The van der Waals surface area contributed by atoms with Gasteiger partial charge in [0.25, 0.3) is 0 Å². The lowest BCUT2D eigenvalue weighted by atomic mass is 10.2. The van der Waals surface area contributed by atoms with Crippen LogP contribution in [-0.2, 0) is 4.79 Å². The minimum absolute atomic E-state index is 0.171. The van der Waals surface area contributed by atoms with Gasteiger partial charge in [-0.25, -0.2) is 9.97 Å². The molecule has 0 radical (unpaired) electrons. The highest BCUT2D eigenvalue weighted by Gasteiger charge is 2.24. The number of nitrogens with zero attached hydrogens (tertiary/aromatic N) is 4. The first-order chi connectivity index (χ1) is 7.72. The number of carbonyl (C=O) groups excluding carboxylic acids is 1. The number of anilines is 1. The monoisotopic (exact) mass is 240 g/mol. The number of hydrogen-bond acceptors (Lipinski definition) is 4. The molecule has 6 heteroatoms. The summed E-state index contributed by atoms with van der Waals surface area (Å²) in [6.45, 7) is 4.17. The Kier molecular flexibility index (Phi) is 3.24. The Morgan fingerprint density at radius 1 is 1.44 bits per heavy atom. The van der Waals surface area contributed by atoms with Gasteiger partial charge in [-0.3, -0.25) is 4.79 Å². The molecule has 0 N–H and O–H groups in total. The molecule has 1 aromatic rings. The summed E-state index contributed by atoms with van der Waals surface area (Å²) in [5.74, 6) is 0.696. The highest BCUT2D eigenvalue weighted by molar-refractivity contribution is 6.31. The largest absolute Gasteiger partial charge is 0.350 e. The van der Waals surface area contributed by atoms with E-state index in [1.807, 2.05) is 6.92 Å². The standard InChI is InChI=1S/C10H13ClN4O/c1-8-6-14(4-5-15(8)7-16)10-9(11)12-2-3-13-10/h2-3,7-8H,4-6H2,1H3. The molecule has 1 saturated heterocycles. The third-order valence-electron chi connectivity index (χ3n) is 2.75. The van der Waals surface area contributed by atoms with Crippen LogP contribution in [0.5, 0.6) is 0 Å². The van der Waals surface area contributed by atoms with Crippen LogP contribution >= 0.6 is 11.6 Å². The molecule has 1 aromatic heterocycles. The second-order valence-corrected chi connectivity index (χ2v) is 4.17. The molecule has 0 aromatic carbocycles. The van der Waals surface area contributed by atoms with Gasteiger partial charge in [0.15, 0.2) is 11.0 Å². The van der Waals surface area contributed by atoms with E-state index in [0.717, 1.165) is 19.5 Å². The van der Waals surface area contributed by atoms with Crippen molar-refractivity contribution in [2.45, 2.75) is 13.0 Å². The van der Waals surface area contributed by atoms with Crippen molar-refractivity contribution in [3.63, 3.8) is 0 Å². The van der Waals surface area contributed by atoms with E-state index < -0.39 is 0 Å². The molecule has 0 aliphatic carbocycles. The second kappa shape index (κ2) is 4.65. The second-order valence-electron chi connectivity index (χ2n) is 3.81. The molecule has 1 fully saturated rings. The highest BCUT2D eigenvalue weighted by atomic mass is 35.5. The number of piperazine rings is 1. The molecule has 1 amide bonds. The first-order valence-corrected chi connectivity index (χ1v) is 5.52. The van der Waals surface area contributed by atoms with E-state index >= 15 is 0 Å². The van der Waals surface area contributed by atoms with E-state index in [1.54, 1.807) is 17.3 Å². The zero-order valence-electron chi connectivity index (χ0n) is 9.01. The molecule has 0 saturated carbocycles. The molecule has 86 valence electrons. The average Bonchev–Trinajstić information content (AvgIpc) is 2.29. The third-order valence-corrected chi connectivity index (χ3v) is 3.02. The Labute approximate surface area is 99.0 Å². The van der Waals surface area contributed by atoms with Crippen LogP contribution in [0.2, 0.25) is 5.15 Å². The van der Waals surface area contributed by atoms with Crippen LogP contribution in [0.3, 0.4) is 0 Å². The van der Waals surface area contributed by atoms with Crippen molar-refractivity contribution in [2.24, 2.45) is 0 Å². The summed E-state index contributed by atoms with van der Waals surface area (Å²) in [4.78, 5) is 22.8. The van der Waals surface area contributed by atoms with Gasteiger partial charge in [-0.2, -0.15) is 0 Å². The van der Waals surface area contributed by atoms with Gasteiger partial charge >= 0.3 is 0 Å². The Hall–Kier alpha value is -1.36. The van der Waals surface area contributed by atoms with Crippen LogP contribution in [-0.4, -0.2) is 47.0 Å². The maximum atomic E-state index is 10.7. The Balaban J connectivity index is 2.13. The third kappa shape index (κ3) is 2.09. The lowest BCUT2D eigenvalue weighted by Crippen LogP contribution is -2.51. The zero-order chi connectivity index (χ0) is 11.5. The first-order valence-electron chi connectivity index (χ1n) is 5.15. The van der Waals surface area contributed by atoms with E-state index in [0.29, 0.717) is 17.5 Å². The molecule has 16 heavy (non-hydrogen) atoms. The lowest BCUT2D eigenvalue weighted by Gasteiger charge is -2.38. The average molecular weight is 241 g/mol. The molecule has 1 aliphatic rings. The minimum Gasteiger partial charge on any atom is -0.350 e. The summed E-state index contributed by atoms with van der Waals surface area (Å²) >= 11 is 5.98. The van der Waals surface area contributed by atoms with E-state index in [4.69, 9.17) is 11.6 Å². The van der Waals surface area contributed by atoms with Crippen LogP contribution in [0.25, 0.3) is 0 Å². The number of amides is 1. The Morgan fingerprint density at radius 3 is 2.81 bits per heavy atom. The molecular formula is C10H13ClN4O. The quantitative estimate of drug-likeness (QED) is 0.718. The summed E-state index contributed by atoms with van der Waals surface area (Å²) in [7, 11) is 0. The van der Waals surface area contributed by atoms with E-state index in [2.05, 4.69) is 14.9 Å². The number of aromatic nitrogens is 2. The minimum atomic E-state index is 0.171. The van der Waals surface area contributed by atoms with Gasteiger partial charge in [-0.1, -0.05) is 11.6 Å². The number of hydrogen-bond donors (Lipinski definition) is 0. The molecule has 0 bridgehead atoms. The Bertz CT molecular complexity index is 387. The van der Waals surface area contributed by atoms with Gasteiger partial charge in [0.2, 0.25) is 6.41 Å². The van der Waals surface area contributed by atoms with Gasteiger partial charge in [0.05, 0.1) is 0 Å². The fourth-order valence-corrected chi connectivity index (χ4v) is 2.07. The van der Waals surface area contributed by atoms with Gasteiger partial charge in [-0.05, 0) is 6.92 Å². The normalized spacial score (nSPS) is 21.0. The van der Waals surface area contributed by atoms with E-state index in [-0.39, 0.29) is 6.04 Å². The van der Waals surface area contributed by atoms with E-state index in [1.165, 1.54) is 0 Å². The van der Waals surface area contributed by atoms with Crippen molar-refractivity contribution in [3.05, 3.63) is 17.5 Å². The van der Waals surface area contributed by atoms with E-state index in [9.17, 15) is 4.79 Å². The summed E-state index contributed by atoms with van der Waals surface area (Å²) in [5.41, 5.74) is 0. The maximum Gasteiger partial charge on any atom is 0.210 e. The molecule has 2 rings (SSSR count). The lowest BCUT2D eigenvalue weighted by molar-refractivity contribution is -0.120. The van der Waals surface area contributed by atoms with Gasteiger partial charge in [0, 0.05) is 38.1 Å². The van der Waals surface area contributed by atoms with Crippen LogP contribution in [0.15, 0.2) is 12.4 Å². The van der Waals surface area contributed by atoms with Gasteiger partial charge < -0.3 is 9.80 Å². The molecule has 5 nitrogen and oxygen atoms in total. The molecule has 1 unspecified atom stereocenters. The zero-order valence-corrected chi connectivity index (χ0v) is 9.76. The van der Waals surface area contributed by atoms with Crippen LogP contribution in [0.4, 0.5) is 5.82 Å². The smallest absolute Gasteiger partial charge is 0.210 e. The first kappa shape index (κ1) is 11.1. The highest BCUT2D eigenvalue weighted by Crippen LogP contribution is 2.22. The number of halogens is 1. The summed E-state index contributed by atoms with van der Waals surface area (Å²) < 4.78 is 0. The molecule has 2 heterocycles. The SMILES string of the molecule is CC1CN(c2nccnc2Cl)CCN1C=O. The number of rotatable bonds is 2. The van der Waals surface area contributed by atoms with Crippen molar-refractivity contribution in [1.82, 2.24) is 14.9 Å². The van der Waals surface area contributed by atoms with Crippen molar-refractivity contribution < 1.29 is 4.79 Å². The van der Waals surface area contributed by atoms with Crippen LogP contribution in [0.1, 0.15) is 6.92 Å². The topological polar surface area (TPSA) is 49.3 Å². The Morgan fingerprint density at radius 2 is 2.19 bits per heavy atom. The fraction of sp³-hybridized carbons (Fsp3) is 0.500. The predicted molar refractivity (Wildman–Crippen MR) is 61.5 cm³/mol. The molecule has 1 atom stereocenters. The predicted octanol–water partition coefficient (Wildman–Crippen LogP) is 0.797. The number of carbonyl (C=O) groups is 1.